The molecule has 3 aromatic rings. The van der Waals surface area contributed by atoms with E-state index in [0.29, 0.717) is 11.3 Å². The van der Waals surface area contributed by atoms with Crippen LogP contribution in [0, 0.1) is 0 Å². The summed E-state index contributed by atoms with van der Waals surface area (Å²) in [4.78, 5) is 23.8. The minimum Gasteiger partial charge on any atom is -0.376 e. The van der Waals surface area contributed by atoms with Gasteiger partial charge in [0.15, 0.2) is 5.78 Å². The fourth-order valence-corrected chi connectivity index (χ4v) is 2.69. The van der Waals surface area contributed by atoms with Crippen molar-refractivity contribution in [2.75, 3.05) is 17.2 Å². The summed E-state index contributed by atoms with van der Waals surface area (Å²) < 4.78 is 0. The van der Waals surface area contributed by atoms with E-state index in [1.165, 1.54) is 6.92 Å². The molecule has 3 aromatic carbocycles. The molecule has 0 bridgehead atoms. The number of hydrogen-bond donors (Lipinski definition) is 2. The topological polar surface area (TPSA) is 58.2 Å². The SMILES string of the molecule is CC(=O)c1ccccc1NC(=O)CNc1ccc(-c2ccccc2)cc1. The lowest BCUT2D eigenvalue weighted by Gasteiger charge is -2.11. The zero-order valence-electron chi connectivity index (χ0n) is 14.5. The molecule has 0 unspecified atom stereocenters. The molecule has 3 rings (SSSR count). The number of carbonyl (C=O) groups excluding carboxylic acids is 2. The normalized spacial score (nSPS) is 10.2. The molecule has 0 spiro atoms. The number of rotatable bonds is 6. The van der Waals surface area contributed by atoms with Crippen molar-refractivity contribution >= 4 is 23.1 Å². The van der Waals surface area contributed by atoms with Crippen molar-refractivity contribution in [1.29, 1.82) is 0 Å². The van der Waals surface area contributed by atoms with E-state index in [9.17, 15) is 9.59 Å². The predicted molar refractivity (Wildman–Crippen MR) is 105 cm³/mol. The zero-order valence-corrected chi connectivity index (χ0v) is 14.5. The van der Waals surface area contributed by atoms with Crippen molar-refractivity contribution in [2.24, 2.45) is 0 Å². The minimum absolute atomic E-state index is 0.0784. The summed E-state index contributed by atoms with van der Waals surface area (Å²) in [6.07, 6.45) is 0. The first-order chi connectivity index (χ1) is 12.6. The van der Waals surface area contributed by atoms with E-state index < -0.39 is 0 Å². The standard InChI is InChI=1S/C22H20N2O2/c1-16(25)20-9-5-6-10-21(20)24-22(26)15-23-19-13-11-18(12-14-19)17-7-3-2-4-8-17/h2-14,23H,15H2,1H3,(H,24,26). The molecule has 0 aliphatic rings. The van der Waals surface area contributed by atoms with Crippen LogP contribution in [0.1, 0.15) is 17.3 Å². The van der Waals surface area contributed by atoms with Gasteiger partial charge in [0.05, 0.1) is 12.2 Å². The molecule has 26 heavy (non-hydrogen) atoms. The Hall–Kier alpha value is -3.40. The third-order valence-corrected chi connectivity index (χ3v) is 4.03. The highest BCUT2D eigenvalue weighted by Gasteiger charge is 2.09. The van der Waals surface area contributed by atoms with Crippen LogP contribution in [0.15, 0.2) is 78.9 Å². The lowest BCUT2D eigenvalue weighted by Crippen LogP contribution is -2.22. The molecule has 0 saturated heterocycles. The molecular weight excluding hydrogens is 324 g/mol. The van der Waals surface area contributed by atoms with Crippen LogP contribution in [-0.4, -0.2) is 18.2 Å². The Morgan fingerprint density at radius 3 is 2.08 bits per heavy atom. The van der Waals surface area contributed by atoms with Gasteiger partial charge >= 0.3 is 0 Å². The van der Waals surface area contributed by atoms with Crippen molar-refractivity contribution in [1.82, 2.24) is 0 Å². The molecule has 1 amide bonds. The molecule has 0 fully saturated rings. The fourth-order valence-electron chi connectivity index (χ4n) is 2.69. The number of ketones is 1. The van der Waals surface area contributed by atoms with E-state index in [0.717, 1.165) is 16.8 Å². The number of para-hydroxylation sites is 1. The van der Waals surface area contributed by atoms with Crippen molar-refractivity contribution in [3.8, 4) is 11.1 Å². The highest BCUT2D eigenvalue weighted by atomic mass is 16.2. The van der Waals surface area contributed by atoms with E-state index in [4.69, 9.17) is 0 Å². The molecule has 0 radical (unpaired) electrons. The Kier molecular flexibility index (Phi) is 5.44. The van der Waals surface area contributed by atoms with Gasteiger partial charge in [0, 0.05) is 11.3 Å². The molecular formula is C22H20N2O2. The third-order valence-electron chi connectivity index (χ3n) is 4.03. The number of hydrogen-bond acceptors (Lipinski definition) is 3. The molecule has 130 valence electrons. The maximum absolute atomic E-state index is 12.2. The third kappa shape index (κ3) is 4.36. The first kappa shape index (κ1) is 17.4. The average molecular weight is 344 g/mol. The van der Waals surface area contributed by atoms with E-state index in [-0.39, 0.29) is 18.2 Å². The number of nitrogens with one attached hydrogen (secondary N) is 2. The monoisotopic (exact) mass is 344 g/mol. The van der Waals surface area contributed by atoms with Gasteiger partial charge in [-0.15, -0.1) is 0 Å². The van der Waals surface area contributed by atoms with Crippen LogP contribution in [0.4, 0.5) is 11.4 Å². The highest BCUT2D eigenvalue weighted by Crippen LogP contribution is 2.21. The Morgan fingerprint density at radius 1 is 0.769 bits per heavy atom. The molecule has 2 N–H and O–H groups in total. The summed E-state index contributed by atoms with van der Waals surface area (Å²) in [6.45, 7) is 1.61. The summed E-state index contributed by atoms with van der Waals surface area (Å²) in [5.74, 6) is -0.281. The molecule has 4 nitrogen and oxygen atoms in total. The van der Waals surface area contributed by atoms with E-state index in [2.05, 4.69) is 22.8 Å². The zero-order chi connectivity index (χ0) is 18.4. The molecule has 0 heterocycles. The summed E-state index contributed by atoms with van der Waals surface area (Å²) in [5, 5.41) is 5.87. The smallest absolute Gasteiger partial charge is 0.243 e. The summed E-state index contributed by atoms with van der Waals surface area (Å²) in [7, 11) is 0. The largest absolute Gasteiger partial charge is 0.376 e. The number of amides is 1. The van der Waals surface area contributed by atoms with Crippen LogP contribution in [0.25, 0.3) is 11.1 Å². The van der Waals surface area contributed by atoms with Crippen molar-refractivity contribution in [2.45, 2.75) is 6.92 Å². The van der Waals surface area contributed by atoms with Gasteiger partial charge in [-0.3, -0.25) is 9.59 Å². The second kappa shape index (κ2) is 8.12. The average Bonchev–Trinajstić information content (AvgIpc) is 2.68. The maximum atomic E-state index is 12.2. The van der Waals surface area contributed by atoms with E-state index in [1.807, 2.05) is 42.5 Å². The van der Waals surface area contributed by atoms with Gasteiger partial charge in [-0.05, 0) is 42.3 Å². The van der Waals surface area contributed by atoms with Gasteiger partial charge in [-0.25, -0.2) is 0 Å². The number of Topliss-reactive ketones (excluding diaryl/α,β-unsaturated/α-hetero) is 1. The minimum atomic E-state index is -0.203. The molecule has 4 heteroatoms. The fraction of sp³-hybridized carbons (Fsp3) is 0.0909. The molecule has 0 aliphatic carbocycles. The van der Waals surface area contributed by atoms with Crippen molar-refractivity contribution in [3.05, 3.63) is 84.4 Å². The predicted octanol–water partition coefficient (Wildman–Crippen LogP) is 4.61. The Bertz CT molecular complexity index is 903. The first-order valence-electron chi connectivity index (χ1n) is 8.42. The Morgan fingerprint density at radius 2 is 1.38 bits per heavy atom. The van der Waals surface area contributed by atoms with Gasteiger partial charge in [-0.2, -0.15) is 0 Å². The lowest BCUT2D eigenvalue weighted by molar-refractivity contribution is -0.114. The summed E-state index contributed by atoms with van der Waals surface area (Å²) >= 11 is 0. The van der Waals surface area contributed by atoms with Crippen LogP contribution < -0.4 is 10.6 Å². The molecule has 0 aromatic heterocycles. The molecule has 0 aliphatic heterocycles. The number of carbonyl (C=O) groups is 2. The van der Waals surface area contributed by atoms with E-state index in [1.54, 1.807) is 24.3 Å². The number of benzene rings is 3. The second-order valence-electron chi connectivity index (χ2n) is 5.95. The van der Waals surface area contributed by atoms with Crippen LogP contribution >= 0.6 is 0 Å². The first-order valence-corrected chi connectivity index (χ1v) is 8.42. The molecule has 0 atom stereocenters. The van der Waals surface area contributed by atoms with Crippen LogP contribution in [0.3, 0.4) is 0 Å². The van der Waals surface area contributed by atoms with Crippen LogP contribution in [-0.2, 0) is 4.79 Å². The summed E-state index contributed by atoms with van der Waals surface area (Å²) in [6, 6.07) is 25.0. The quantitative estimate of drug-likeness (QED) is 0.642. The highest BCUT2D eigenvalue weighted by molar-refractivity contribution is 6.04. The van der Waals surface area contributed by atoms with Crippen LogP contribution in [0.2, 0.25) is 0 Å². The number of anilines is 2. The summed E-state index contributed by atoms with van der Waals surface area (Å²) in [5.41, 5.74) is 4.17. The van der Waals surface area contributed by atoms with Gasteiger partial charge in [0.2, 0.25) is 5.91 Å². The maximum Gasteiger partial charge on any atom is 0.243 e. The van der Waals surface area contributed by atoms with Gasteiger partial charge in [0.1, 0.15) is 0 Å². The van der Waals surface area contributed by atoms with Crippen molar-refractivity contribution < 1.29 is 9.59 Å². The van der Waals surface area contributed by atoms with Crippen LogP contribution in [0.5, 0.6) is 0 Å². The second-order valence-corrected chi connectivity index (χ2v) is 5.95. The van der Waals surface area contributed by atoms with Gasteiger partial charge in [-0.1, -0.05) is 54.6 Å². The van der Waals surface area contributed by atoms with Crippen molar-refractivity contribution in [3.63, 3.8) is 0 Å². The van der Waals surface area contributed by atoms with Gasteiger partial charge < -0.3 is 10.6 Å². The Labute approximate surface area is 152 Å². The van der Waals surface area contributed by atoms with Gasteiger partial charge in [0.25, 0.3) is 0 Å². The Balaban J connectivity index is 1.59. The molecule has 0 saturated carbocycles. The lowest BCUT2D eigenvalue weighted by atomic mass is 10.1. The van der Waals surface area contributed by atoms with E-state index >= 15 is 0 Å².